The van der Waals surface area contributed by atoms with Crippen molar-refractivity contribution in [1.82, 2.24) is 9.55 Å². The summed E-state index contributed by atoms with van der Waals surface area (Å²) in [7, 11) is 0. The van der Waals surface area contributed by atoms with Gasteiger partial charge in [0.25, 0.3) is 0 Å². The zero-order chi connectivity index (χ0) is 9.26. The lowest BCUT2D eigenvalue weighted by molar-refractivity contribution is 0.303. The Morgan fingerprint density at radius 3 is 3.15 bits per heavy atom. The Labute approximate surface area is 75.3 Å². The highest BCUT2D eigenvalue weighted by Gasteiger charge is 2.18. The van der Waals surface area contributed by atoms with Gasteiger partial charge in [0.15, 0.2) is 0 Å². The number of hydrogen-bond donors (Lipinski definition) is 1. The molecule has 1 aromatic rings. The third-order valence-corrected chi connectivity index (χ3v) is 2.20. The van der Waals surface area contributed by atoms with Crippen LogP contribution >= 0.6 is 0 Å². The second-order valence-corrected chi connectivity index (χ2v) is 2.95. The van der Waals surface area contributed by atoms with Crippen molar-refractivity contribution in [3.8, 4) is 0 Å². The summed E-state index contributed by atoms with van der Waals surface area (Å²) in [6.07, 6.45) is 1.50. The van der Waals surface area contributed by atoms with E-state index in [0.717, 1.165) is 12.4 Å². The maximum absolute atomic E-state index is 11.2. The Bertz CT molecular complexity index is 361. The molecule has 0 saturated heterocycles. The van der Waals surface area contributed by atoms with Crippen LogP contribution in [0.1, 0.15) is 0 Å². The molecule has 2 heterocycles. The number of rotatable bonds is 2. The van der Waals surface area contributed by atoms with E-state index in [4.69, 9.17) is 5.11 Å². The summed E-state index contributed by atoms with van der Waals surface area (Å²) in [5.41, 5.74) is -0.210. The standard InChI is InChI=1S/C8H11N3O2/c12-6-5-10-3-4-11-7(10)1-2-9-8(11)13/h1-2,12H,3-6H2. The van der Waals surface area contributed by atoms with Crippen LogP contribution in [-0.2, 0) is 6.54 Å². The van der Waals surface area contributed by atoms with Crippen LogP contribution < -0.4 is 10.6 Å². The summed E-state index contributed by atoms with van der Waals surface area (Å²) in [6.45, 7) is 2.13. The van der Waals surface area contributed by atoms with Crippen molar-refractivity contribution in [3.05, 3.63) is 22.7 Å². The van der Waals surface area contributed by atoms with Crippen molar-refractivity contribution in [1.29, 1.82) is 0 Å². The molecular weight excluding hydrogens is 170 g/mol. The number of anilines is 1. The lowest BCUT2D eigenvalue weighted by atomic mass is 10.5. The summed E-state index contributed by atoms with van der Waals surface area (Å²) in [6, 6.07) is 1.80. The fourth-order valence-corrected chi connectivity index (χ4v) is 1.59. The third-order valence-electron chi connectivity index (χ3n) is 2.20. The molecule has 1 aliphatic heterocycles. The smallest absolute Gasteiger partial charge is 0.349 e. The van der Waals surface area contributed by atoms with Gasteiger partial charge in [-0.2, -0.15) is 0 Å². The van der Waals surface area contributed by atoms with E-state index in [1.165, 1.54) is 6.20 Å². The molecule has 1 aromatic heterocycles. The van der Waals surface area contributed by atoms with Crippen molar-refractivity contribution in [2.75, 3.05) is 24.6 Å². The molecule has 5 heteroatoms. The molecule has 2 rings (SSSR count). The highest BCUT2D eigenvalue weighted by Crippen LogP contribution is 2.16. The van der Waals surface area contributed by atoms with Crippen molar-refractivity contribution in [2.24, 2.45) is 0 Å². The zero-order valence-corrected chi connectivity index (χ0v) is 7.18. The van der Waals surface area contributed by atoms with E-state index in [1.54, 1.807) is 10.6 Å². The van der Waals surface area contributed by atoms with Crippen LogP contribution in [0, 0.1) is 0 Å². The highest BCUT2D eigenvalue weighted by atomic mass is 16.3. The molecule has 0 atom stereocenters. The predicted molar refractivity (Wildman–Crippen MR) is 47.8 cm³/mol. The highest BCUT2D eigenvalue weighted by molar-refractivity contribution is 5.41. The molecule has 0 aromatic carbocycles. The van der Waals surface area contributed by atoms with Gasteiger partial charge in [0.05, 0.1) is 6.61 Å². The Kier molecular flexibility index (Phi) is 2.02. The van der Waals surface area contributed by atoms with Crippen LogP contribution in [0.2, 0.25) is 0 Å². The maximum atomic E-state index is 11.2. The number of nitrogens with zero attached hydrogens (tertiary/aromatic N) is 3. The molecule has 0 bridgehead atoms. The van der Waals surface area contributed by atoms with E-state index < -0.39 is 0 Å². The van der Waals surface area contributed by atoms with Crippen molar-refractivity contribution < 1.29 is 5.11 Å². The minimum absolute atomic E-state index is 0.108. The molecule has 1 N–H and O–H groups in total. The van der Waals surface area contributed by atoms with Crippen LogP contribution in [0.15, 0.2) is 17.1 Å². The van der Waals surface area contributed by atoms with Crippen LogP contribution in [-0.4, -0.2) is 34.4 Å². The third kappa shape index (κ3) is 1.31. The van der Waals surface area contributed by atoms with E-state index in [1.807, 2.05) is 4.90 Å². The topological polar surface area (TPSA) is 58.4 Å². The average Bonchev–Trinajstić information content (AvgIpc) is 2.51. The first kappa shape index (κ1) is 8.25. The molecule has 1 aliphatic rings. The maximum Gasteiger partial charge on any atom is 0.349 e. The first-order valence-electron chi connectivity index (χ1n) is 4.24. The number of aromatic nitrogens is 2. The fourth-order valence-electron chi connectivity index (χ4n) is 1.59. The molecule has 0 aliphatic carbocycles. The van der Waals surface area contributed by atoms with Crippen LogP contribution in [0.25, 0.3) is 0 Å². The normalized spacial score (nSPS) is 14.7. The quantitative estimate of drug-likeness (QED) is 0.639. The van der Waals surface area contributed by atoms with E-state index in [-0.39, 0.29) is 12.3 Å². The van der Waals surface area contributed by atoms with Crippen molar-refractivity contribution in [3.63, 3.8) is 0 Å². The van der Waals surface area contributed by atoms with Gasteiger partial charge in [0, 0.05) is 25.8 Å². The molecule has 70 valence electrons. The lowest BCUT2D eigenvalue weighted by Gasteiger charge is -2.15. The summed E-state index contributed by atoms with van der Waals surface area (Å²) in [5.74, 6) is 0.856. The predicted octanol–water partition coefficient (Wildman–Crippen LogP) is -0.944. The van der Waals surface area contributed by atoms with Crippen molar-refractivity contribution in [2.45, 2.75) is 6.54 Å². The van der Waals surface area contributed by atoms with Crippen molar-refractivity contribution >= 4 is 5.82 Å². The number of aliphatic hydroxyl groups excluding tert-OH is 1. The van der Waals surface area contributed by atoms with Crippen LogP contribution in [0.3, 0.4) is 0 Å². The zero-order valence-electron chi connectivity index (χ0n) is 7.18. The van der Waals surface area contributed by atoms with Gasteiger partial charge in [-0.3, -0.25) is 4.57 Å². The molecule has 0 unspecified atom stereocenters. The van der Waals surface area contributed by atoms with E-state index in [2.05, 4.69) is 4.98 Å². The Balaban J connectivity index is 2.37. The molecule has 0 amide bonds. The molecule has 0 spiro atoms. The molecular formula is C8H11N3O2. The summed E-state index contributed by atoms with van der Waals surface area (Å²) in [4.78, 5) is 16.9. The minimum atomic E-state index is -0.210. The summed E-state index contributed by atoms with van der Waals surface area (Å²) < 4.78 is 1.62. The van der Waals surface area contributed by atoms with Crippen LogP contribution in [0.4, 0.5) is 5.82 Å². The average molecular weight is 181 g/mol. The minimum Gasteiger partial charge on any atom is -0.395 e. The Hall–Kier alpha value is -1.36. The Morgan fingerprint density at radius 2 is 2.38 bits per heavy atom. The van der Waals surface area contributed by atoms with E-state index in [9.17, 15) is 4.79 Å². The number of fused-ring (bicyclic) bond motifs is 1. The van der Waals surface area contributed by atoms with Gasteiger partial charge in [-0.25, -0.2) is 9.78 Å². The largest absolute Gasteiger partial charge is 0.395 e. The number of hydrogen-bond acceptors (Lipinski definition) is 4. The van der Waals surface area contributed by atoms with E-state index >= 15 is 0 Å². The monoisotopic (exact) mass is 181 g/mol. The first-order chi connectivity index (χ1) is 6.33. The van der Waals surface area contributed by atoms with Gasteiger partial charge < -0.3 is 10.0 Å². The lowest BCUT2D eigenvalue weighted by Crippen LogP contribution is -2.25. The second-order valence-electron chi connectivity index (χ2n) is 2.95. The molecule has 0 radical (unpaired) electrons. The summed E-state index contributed by atoms with van der Waals surface area (Å²) >= 11 is 0. The second kappa shape index (κ2) is 3.18. The SMILES string of the molecule is O=c1nccc2n1CCN2CCO. The van der Waals surface area contributed by atoms with Gasteiger partial charge in [-0.1, -0.05) is 0 Å². The molecule has 13 heavy (non-hydrogen) atoms. The summed E-state index contributed by atoms with van der Waals surface area (Å²) in [5, 5.41) is 8.78. The Morgan fingerprint density at radius 1 is 1.54 bits per heavy atom. The number of β-amino-alcohol motifs (C(OH)–C–C–N with tert-alkyl or cyclic N) is 1. The van der Waals surface area contributed by atoms with Gasteiger partial charge in [-0.05, 0) is 6.07 Å². The fraction of sp³-hybridized carbons (Fsp3) is 0.500. The molecule has 0 saturated carbocycles. The van der Waals surface area contributed by atoms with E-state index in [0.29, 0.717) is 13.1 Å². The van der Waals surface area contributed by atoms with Gasteiger partial charge >= 0.3 is 5.69 Å². The van der Waals surface area contributed by atoms with Gasteiger partial charge in [0.1, 0.15) is 5.82 Å². The van der Waals surface area contributed by atoms with Gasteiger partial charge in [0.2, 0.25) is 0 Å². The molecule has 0 fully saturated rings. The van der Waals surface area contributed by atoms with Crippen LogP contribution in [0.5, 0.6) is 0 Å². The van der Waals surface area contributed by atoms with Gasteiger partial charge in [-0.15, -0.1) is 0 Å². The molecule has 5 nitrogen and oxygen atoms in total. The first-order valence-corrected chi connectivity index (χ1v) is 4.24. The number of aliphatic hydroxyl groups is 1.